The van der Waals surface area contributed by atoms with E-state index in [0.29, 0.717) is 44.1 Å². The lowest BCUT2D eigenvalue weighted by Gasteiger charge is -2.34. The van der Waals surface area contributed by atoms with E-state index in [1.165, 1.54) is 0 Å². The van der Waals surface area contributed by atoms with E-state index < -0.39 is 0 Å². The molecule has 1 aliphatic heterocycles. The Kier molecular flexibility index (Phi) is 5.16. The van der Waals surface area contributed by atoms with E-state index in [9.17, 15) is 9.59 Å². The van der Waals surface area contributed by atoms with Crippen molar-refractivity contribution in [3.63, 3.8) is 0 Å². The molecule has 1 aromatic carbocycles. The topological polar surface area (TPSA) is 75.9 Å². The van der Waals surface area contributed by atoms with Gasteiger partial charge >= 0.3 is 0 Å². The molecule has 0 radical (unpaired) electrons. The van der Waals surface area contributed by atoms with Crippen molar-refractivity contribution in [2.75, 3.05) is 39.3 Å². The first-order chi connectivity index (χ1) is 10.2. The molecular formula is C15H21N3O3. The molecule has 21 heavy (non-hydrogen) atoms. The molecular weight excluding hydrogens is 270 g/mol. The van der Waals surface area contributed by atoms with Crippen molar-refractivity contribution < 1.29 is 14.3 Å². The number of carbonyl (C=O) groups is 2. The van der Waals surface area contributed by atoms with Crippen LogP contribution in [0.3, 0.4) is 0 Å². The quantitative estimate of drug-likeness (QED) is 0.867. The highest BCUT2D eigenvalue weighted by Gasteiger charge is 2.25. The molecule has 2 amide bonds. The number of piperazine rings is 1. The largest absolute Gasteiger partial charge is 0.493 e. The number of ether oxygens (including phenoxy) is 1. The third-order valence-electron chi connectivity index (χ3n) is 3.51. The Labute approximate surface area is 124 Å². The number of nitrogens with zero attached hydrogens (tertiary/aromatic N) is 2. The van der Waals surface area contributed by atoms with Gasteiger partial charge in [-0.05, 0) is 19.1 Å². The highest BCUT2D eigenvalue weighted by atomic mass is 16.5. The molecule has 0 saturated carbocycles. The molecule has 1 aliphatic rings. The summed E-state index contributed by atoms with van der Waals surface area (Å²) < 4.78 is 5.50. The van der Waals surface area contributed by atoms with Crippen molar-refractivity contribution in [2.24, 2.45) is 5.73 Å². The zero-order chi connectivity index (χ0) is 15.2. The average Bonchev–Trinajstić information content (AvgIpc) is 2.54. The van der Waals surface area contributed by atoms with Crippen LogP contribution in [0.2, 0.25) is 0 Å². The lowest BCUT2D eigenvalue weighted by molar-refractivity contribution is -0.131. The second-order valence-electron chi connectivity index (χ2n) is 4.81. The van der Waals surface area contributed by atoms with E-state index in [4.69, 9.17) is 10.5 Å². The smallest absolute Gasteiger partial charge is 0.257 e. The number of rotatable bonds is 4. The van der Waals surface area contributed by atoms with Gasteiger partial charge in [0.25, 0.3) is 5.91 Å². The fourth-order valence-corrected chi connectivity index (χ4v) is 2.38. The maximum atomic E-state index is 12.6. The summed E-state index contributed by atoms with van der Waals surface area (Å²) in [5.41, 5.74) is 5.92. The highest BCUT2D eigenvalue weighted by molar-refractivity contribution is 5.97. The molecule has 0 atom stereocenters. The Morgan fingerprint density at radius 3 is 2.38 bits per heavy atom. The first kappa shape index (κ1) is 15.3. The van der Waals surface area contributed by atoms with E-state index in [1.54, 1.807) is 21.9 Å². The van der Waals surface area contributed by atoms with Crippen molar-refractivity contribution in [3.8, 4) is 5.75 Å². The van der Waals surface area contributed by atoms with E-state index in [2.05, 4.69) is 0 Å². The van der Waals surface area contributed by atoms with Gasteiger partial charge in [0.1, 0.15) is 5.75 Å². The lowest BCUT2D eigenvalue weighted by atomic mass is 10.1. The van der Waals surface area contributed by atoms with Gasteiger partial charge in [0.05, 0.1) is 18.7 Å². The molecule has 2 N–H and O–H groups in total. The van der Waals surface area contributed by atoms with Crippen LogP contribution < -0.4 is 10.5 Å². The average molecular weight is 291 g/mol. The summed E-state index contributed by atoms with van der Waals surface area (Å²) in [7, 11) is 0. The summed E-state index contributed by atoms with van der Waals surface area (Å²) in [6.07, 6.45) is 0. The molecule has 0 spiro atoms. The number of carbonyl (C=O) groups excluding carboxylic acids is 2. The second kappa shape index (κ2) is 7.08. The van der Waals surface area contributed by atoms with Crippen LogP contribution in [0.1, 0.15) is 17.3 Å². The minimum Gasteiger partial charge on any atom is -0.493 e. The number of amides is 2. The molecule has 2 rings (SSSR count). The Bertz CT molecular complexity index is 511. The van der Waals surface area contributed by atoms with Crippen molar-refractivity contribution >= 4 is 11.8 Å². The Morgan fingerprint density at radius 2 is 1.76 bits per heavy atom. The Morgan fingerprint density at radius 1 is 1.14 bits per heavy atom. The van der Waals surface area contributed by atoms with Crippen LogP contribution in [0.15, 0.2) is 24.3 Å². The molecule has 1 heterocycles. The molecule has 6 heteroatoms. The van der Waals surface area contributed by atoms with Crippen LogP contribution >= 0.6 is 0 Å². The van der Waals surface area contributed by atoms with Crippen molar-refractivity contribution in [2.45, 2.75) is 6.92 Å². The van der Waals surface area contributed by atoms with E-state index >= 15 is 0 Å². The lowest BCUT2D eigenvalue weighted by Crippen LogP contribution is -2.51. The summed E-state index contributed by atoms with van der Waals surface area (Å²) >= 11 is 0. The van der Waals surface area contributed by atoms with Gasteiger partial charge in [-0.1, -0.05) is 12.1 Å². The predicted molar refractivity (Wildman–Crippen MR) is 79.1 cm³/mol. The third kappa shape index (κ3) is 3.52. The van der Waals surface area contributed by atoms with Gasteiger partial charge in [-0.2, -0.15) is 0 Å². The Balaban J connectivity index is 2.04. The van der Waals surface area contributed by atoms with Crippen molar-refractivity contribution in [1.29, 1.82) is 0 Å². The standard InChI is InChI=1S/C15H21N3O3/c1-2-21-13-6-4-3-5-12(13)15(20)18-9-7-17(8-10-18)14(19)11-16/h3-6H,2,7-11,16H2,1H3. The summed E-state index contributed by atoms with van der Waals surface area (Å²) in [5, 5.41) is 0. The van der Waals surface area contributed by atoms with Crippen LogP contribution in [0, 0.1) is 0 Å². The van der Waals surface area contributed by atoms with Crippen molar-refractivity contribution in [1.82, 2.24) is 9.80 Å². The maximum Gasteiger partial charge on any atom is 0.257 e. The molecule has 1 fully saturated rings. The fourth-order valence-electron chi connectivity index (χ4n) is 2.38. The van der Waals surface area contributed by atoms with Crippen LogP contribution in [0.5, 0.6) is 5.75 Å². The van der Waals surface area contributed by atoms with Gasteiger partial charge in [0.15, 0.2) is 0 Å². The third-order valence-corrected chi connectivity index (χ3v) is 3.51. The van der Waals surface area contributed by atoms with Gasteiger partial charge in [-0.3, -0.25) is 9.59 Å². The normalized spacial score (nSPS) is 15.0. The van der Waals surface area contributed by atoms with Gasteiger partial charge in [0, 0.05) is 26.2 Å². The summed E-state index contributed by atoms with van der Waals surface area (Å²) in [6, 6.07) is 7.24. The summed E-state index contributed by atoms with van der Waals surface area (Å²) in [5.74, 6) is 0.473. The predicted octanol–water partition coefficient (Wildman–Crippen LogP) is 0.328. The van der Waals surface area contributed by atoms with Crippen molar-refractivity contribution in [3.05, 3.63) is 29.8 Å². The SMILES string of the molecule is CCOc1ccccc1C(=O)N1CCN(C(=O)CN)CC1. The zero-order valence-electron chi connectivity index (χ0n) is 12.2. The molecule has 1 aromatic rings. The minimum absolute atomic E-state index is 0.0150. The van der Waals surface area contributed by atoms with E-state index in [-0.39, 0.29) is 18.4 Å². The molecule has 6 nitrogen and oxygen atoms in total. The van der Waals surface area contributed by atoms with Crippen LogP contribution in [0.4, 0.5) is 0 Å². The first-order valence-corrected chi connectivity index (χ1v) is 7.16. The molecule has 0 unspecified atom stereocenters. The number of hydrogen-bond acceptors (Lipinski definition) is 4. The number of benzene rings is 1. The zero-order valence-corrected chi connectivity index (χ0v) is 12.2. The van der Waals surface area contributed by atoms with Crippen LogP contribution in [-0.2, 0) is 4.79 Å². The molecule has 114 valence electrons. The molecule has 1 saturated heterocycles. The minimum atomic E-state index is -0.0724. The fraction of sp³-hybridized carbons (Fsp3) is 0.467. The first-order valence-electron chi connectivity index (χ1n) is 7.16. The van der Waals surface area contributed by atoms with E-state index in [1.807, 2.05) is 19.1 Å². The van der Waals surface area contributed by atoms with Gasteiger partial charge < -0.3 is 20.3 Å². The van der Waals surface area contributed by atoms with Gasteiger partial charge in [0.2, 0.25) is 5.91 Å². The number of nitrogens with two attached hydrogens (primary N) is 1. The second-order valence-corrected chi connectivity index (χ2v) is 4.81. The highest BCUT2D eigenvalue weighted by Crippen LogP contribution is 2.20. The van der Waals surface area contributed by atoms with Crippen LogP contribution in [0.25, 0.3) is 0 Å². The molecule has 0 bridgehead atoms. The van der Waals surface area contributed by atoms with E-state index in [0.717, 1.165) is 0 Å². The molecule has 0 aromatic heterocycles. The molecule has 0 aliphatic carbocycles. The number of hydrogen-bond donors (Lipinski definition) is 1. The summed E-state index contributed by atoms with van der Waals surface area (Å²) in [6.45, 7) is 4.51. The van der Waals surface area contributed by atoms with Crippen LogP contribution in [-0.4, -0.2) is 60.9 Å². The Hall–Kier alpha value is -2.08. The van der Waals surface area contributed by atoms with Gasteiger partial charge in [-0.25, -0.2) is 0 Å². The summed E-state index contributed by atoms with van der Waals surface area (Å²) in [4.78, 5) is 27.5. The monoisotopic (exact) mass is 291 g/mol. The maximum absolute atomic E-state index is 12.6. The van der Waals surface area contributed by atoms with Gasteiger partial charge in [-0.15, -0.1) is 0 Å². The number of para-hydroxylation sites is 1.